The molecule has 9 nitrogen and oxygen atoms in total. The van der Waals surface area contributed by atoms with Crippen LogP contribution in [0.2, 0.25) is 0 Å². The number of methoxy groups -OCH3 is 1. The number of nitrogens with two attached hydrogens (primary N) is 1. The number of rotatable bonds is 3. The van der Waals surface area contributed by atoms with Gasteiger partial charge in [-0.1, -0.05) is 29.4 Å². The summed E-state index contributed by atoms with van der Waals surface area (Å²) in [6, 6.07) is 11.8. The number of fused-ring (bicyclic) bond motifs is 2. The third-order valence-electron chi connectivity index (χ3n) is 4.62. The second-order valence-corrected chi connectivity index (χ2v) is 6.19. The van der Waals surface area contributed by atoms with Gasteiger partial charge in [0.25, 0.3) is 0 Å². The first-order valence-corrected chi connectivity index (χ1v) is 8.41. The average molecular weight is 374 g/mol. The lowest BCUT2D eigenvalue weighted by atomic mass is 9.99. The number of nitrogens with one attached hydrogen (secondary N) is 1. The monoisotopic (exact) mass is 374 g/mol. The van der Waals surface area contributed by atoms with Crippen LogP contribution in [0.15, 0.2) is 58.1 Å². The average Bonchev–Trinajstić information content (AvgIpc) is 3.34. The largest absolute Gasteiger partial charge is 0.497 e. The summed E-state index contributed by atoms with van der Waals surface area (Å²) in [4.78, 5) is 18.2. The fraction of sp³-hybridized carbons (Fsp3) is 0.0526. The lowest BCUT2D eigenvalue weighted by Crippen LogP contribution is -2.03. The predicted molar refractivity (Wildman–Crippen MR) is 103 cm³/mol. The molecule has 0 aliphatic heterocycles. The number of hydrogen-bond donors (Lipinski definition) is 2. The zero-order valence-corrected chi connectivity index (χ0v) is 14.7. The highest BCUT2D eigenvalue weighted by Crippen LogP contribution is 2.36. The Kier molecular flexibility index (Phi) is 3.41. The van der Waals surface area contributed by atoms with Gasteiger partial charge < -0.3 is 10.5 Å². The van der Waals surface area contributed by atoms with Crippen molar-refractivity contribution in [3.8, 4) is 28.3 Å². The number of aromatic nitrogens is 5. The second kappa shape index (κ2) is 5.95. The maximum absolute atomic E-state index is 11.2. The fourth-order valence-corrected chi connectivity index (χ4v) is 3.29. The van der Waals surface area contributed by atoms with Crippen LogP contribution in [-0.4, -0.2) is 31.8 Å². The molecule has 0 amide bonds. The molecule has 5 aromatic rings. The normalized spacial score (nSPS) is 11.3. The van der Waals surface area contributed by atoms with Crippen LogP contribution in [0, 0.1) is 0 Å². The summed E-state index contributed by atoms with van der Waals surface area (Å²) >= 11 is 0. The van der Waals surface area contributed by atoms with Gasteiger partial charge >= 0.3 is 5.76 Å². The molecule has 0 spiro atoms. The maximum Gasteiger partial charge on any atom is 0.439 e. The van der Waals surface area contributed by atoms with Crippen molar-refractivity contribution in [3.63, 3.8) is 0 Å². The van der Waals surface area contributed by atoms with Crippen molar-refractivity contribution in [2.24, 2.45) is 0 Å². The summed E-state index contributed by atoms with van der Waals surface area (Å²) in [7, 11) is 1.62. The zero-order valence-electron chi connectivity index (χ0n) is 14.7. The van der Waals surface area contributed by atoms with E-state index < -0.39 is 5.76 Å². The summed E-state index contributed by atoms with van der Waals surface area (Å²) in [6.07, 6.45) is 3.20. The van der Waals surface area contributed by atoms with Crippen molar-refractivity contribution in [3.05, 3.63) is 59.3 Å². The van der Waals surface area contributed by atoms with Crippen molar-refractivity contribution in [1.29, 1.82) is 0 Å². The van der Waals surface area contributed by atoms with Crippen LogP contribution < -0.4 is 16.2 Å². The van der Waals surface area contributed by atoms with E-state index in [0.717, 1.165) is 22.1 Å². The van der Waals surface area contributed by atoms with E-state index in [1.807, 2.05) is 36.4 Å². The lowest BCUT2D eigenvalue weighted by molar-refractivity contribution is 0.388. The van der Waals surface area contributed by atoms with Crippen LogP contribution in [0.25, 0.3) is 38.9 Å². The van der Waals surface area contributed by atoms with E-state index in [1.165, 1.54) is 10.7 Å². The number of nitrogens with zero attached hydrogens (tertiary/aromatic N) is 4. The Balaban J connectivity index is 1.76. The molecule has 0 fully saturated rings. The molecule has 0 bridgehead atoms. The van der Waals surface area contributed by atoms with Gasteiger partial charge in [-0.05, 0) is 28.5 Å². The molecular formula is C19H14N6O3. The summed E-state index contributed by atoms with van der Waals surface area (Å²) in [5.74, 6) is 0.711. The van der Waals surface area contributed by atoms with Gasteiger partial charge in [0.15, 0.2) is 11.5 Å². The van der Waals surface area contributed by atoms with E-state index >= 15 is 0 Å². The molecule has 3 N–H and O–H groups in total. The maximum atomic E-state index is 11.2. The summed E-state index contributed by atoms with van der Waals surface area (Å²) in [5.41, 5.74) is 9.00. The van der Waals surface area contributed by atoms with Crippen LogP contribution in [0.5, 0.6) is 5.75 Å². The van der Waals surface area contributed by atoms with Crippen molar-refractivity contribution in [1.82, 2.24) is 24.7 Å². The van der Waals surface area contributed by atoms with Gasteiger partial charge in [0.1, 0.15) is 11.6 Å². The van der Waals surface area contributed by atoms with Gasteiger partial charge in [0.05, 0.1) is 18.9 Å². The van der Waals surface area contributed by atoms with Gasteiger partial charge in [-0.2, -0.15) is 9.61 Å². The topological polar surface area (TPSA) is 124 Å². The molecular weight excluding hydrogens is 360 g/mol. The number of aromatic amines is 1. The fourth-order valence-electron chi connectivity index (χ4n) is 3.29. The molecule has 0 atom stereocenters. The van der Waals surface area contributed by atoms with E-state index in [2.05, 4.69) is 24.7 Å². The molecule has 0 unspecified atom stereocenters. The highest BCUT2D eigenvalue weighted by molar-refractivity contribution is 6.00. The first-order chi connectivity index (χ1) is 13.7. The van der Waals surface area contributed by atoms with Crippen LogP contribution >= 0.6 is 0 Å². The summed E-state index contributed by atoms with van der Waals surface area (Å²) < 4.78 is 11.5. The molecule has 0 aliphatic rings. The van der Waals surface area contributed by atoms with E-state index in [0.29, 0.717) is 22.6 Å². The Morgan fingerprint density at radius 1 is 1.14 bits per heavy atom. The van der Waals surface area contributed by atoms with Crippen molar-refractivity contribution < 1.29 is 9.26 Å². The molecule has 0 radical (unpaired) electrons. The number of anilines is 1. The molecule has 0 aliphatic carbocycles. The van der Waals surface area contributed by atoms with Crippen LogP contribution in [0.1, 0.15) is 0 Å². The zero-order chi connectivity index (χ0) is 19.3. The molecule has 5 rings (SSSR count). The smallest absolute Gasteiger partial charge is 0.439 e. The first-order valence-electron chi connectivity index (χ1n) is 8.41. The van der Waals surface area contributed by atoms with Gasteiger partial charge in [0.2, 0.25) is 0 Å². The van der Waals surface area contributed by atoms with E-state index in [9.17, 15) is 4.79 Å². The molecule has 138 valence electrons. The van der Waals surface area contributed by atoms with Gasteiger partial charge in [-0.25, -0.2) is 9.78 Å². The molecule has 3 heterocycles. The van der Waals surface area contributed by atoms with Gasteiger partial charge in [-0.3, -0.25) is 9.51 Å². The minimum Gasteiger partial charge on any atom is -0.497 e. The standard InChI is InChI=1S/C19H14N6O3/c1-27-11-6-10-4-2-3-5-12(10)13(7-11)14-8-21-18-15(9-22-25(18)16(14)20)17-23-19(26)28-24-17/h2-9H,20H2,1H3,(H,23,24,26). The number of benzene rings is 2. The molecule has 0 saturated heterocycles. The first kappa shape index (κ1) is 16.1. The third-order valence-corrected chi connectivity index (χ3v) is 4.62. The van der Waals surface area contributed by atoms with Crippen molar-refractivity contribution >= 4 is 22.2 Å². The van der Waals surface area contributed by atoms with E-state index in [4.69, 9.17) is 10.5 Å². The summed E-state index contributed by atoms with van der Waals surface area (Å²) in [6.45, 7) is 0. The summed E-state index contributed by atoms with van der Waals surface area (Å²) in [5, 5.41) is 10.0. The predicted octanol–water partition coefficient (Wildman–Crippen LogP) is 2.48. The number of H-pyrrole nitrogens is 1. The quantitative estimate of drug-likeness (QED) is 0.497. The number of ether oxygens (including phenoxy) is 1. The SMILES string of the molecule is COc1cc(-c2cnc3c(-c4noc(=O)[nH]4)cnn3c2N)c2ccccc2c1. The van der Waals surface area contributed by atoms with Crippen LogP contribution in [-0.2, 0) is 0 Å². The highest BCUT2D eigenvalue weighted by atomic mass is 16.5. The Bertz CT molecular complexity index is 1400. The Morgan fingerprint density at radius 2 is 2.00 bits per heavy atom. The van der Waals surface area contributed by atoms with Gasteiger partial charge in [-0.15, -0.1) is 0 Å². The number of nitrogen functional groups attached to an aromatic ring is 1. The third kappa shape index (κ3) is 2.33. The second-order valence-electron chi connectivity index (χ2n) is 6.19. The minimum atomic E-state index is -0.651. The van der Waals surface area contributed by atoms with Crippen molar-refractivity contribution in [2.75, 3.05) is 12.8 Å². The van der Waals surface area contributed by atoms with Crippen LogP contribution in [0.4, 0.5) is 5.82 Å². The van der Waals surface area contributed by atoms with E-state index in [1.54, 1.807) is 13.3 Å². The Morgan fingerprint density at radius 3 is 2.79 bits per heavy atom. The molecule has 3 aromatic heterocycles. The minimum absolute atomic E-state index is 0.242. The molecule has 0 saturated carbocycles. The molecule has 2 aromatic carbocycles. The Hall–Kier alpha value is -4.14. The highest BCUT2D eigenvalue weighted by Gasteiger charge is 2.18. The van der Waals surface area contributed by atoms with Gasteiger partial charge in [0, 0.05) is 11.8 Å². The van der Waals surface area contributed by atoms with E-state index in [-0.39, 0.29) is 5.82 Å². The molecule has 28 heavy (non-hydrogen) atoms. The van der Waals surface area contributed by atoms with Crippen molar-refractivity contribution in [2.45, 2.75) is 0 Å². The van der Waals surface area contributed by atoms with Crippen LogP contribution in [0.3, 0.4) is 0 Å². The molecule has 9 heteroatoms. The lowest BCUT2D eigenvalue weighted by Gasteiger charge is -2.12. The number of hydrogen-bond acceptors (Lipinski definition) is 7. The Labute approximate surface area is 157 Å².